The smallest absolute Gasteiger partial charge is 0.237 e. The molecule has 2 aliphatic heterocycles. The van der Waals surface area contributed by atoms with E-state index in [1.54, 1.807) is 29.6 Å². The van der Waals surface area contributed by atoms with E-state index in [-0.39, 0.29) is 11.7 Å². The average molecular weight is 509 g/mol. The molecule has 2 aromatic heterocycles. The number of benzene rings is 1. The van der Waals surface area contributed by atoms with Crippen LogP contribution in [0.15, 0.2) is 55.1 Å². The van der Waals surface area contributed by atoms with Gasteiger partial charge in [0.15, 0.2) is 0 Å². The van der Waals surface area contributed by atoms with Crippen LogP contribution < -0.4 is 5.73 Å². The number of hydrogen-bond acceptors (Lipinski definition) is 8. The number of primary amides is 1. The van der Waals surface area contributed by atoms with E-state index in [0.29, 0.717) is 19.6 Å². The quantitative estimate of drug-likeness (QED) is 0.499. The molecular formula is C27H36N6O4. The maximum Gasteiger partial charge on any atom is 0.237 e. The van der Waals surface area contributed by atoms with Crippen LogP contribution >= 0.6 is 0 Å². The molecule has 0 radical (unpaired) electrons. The minimum absolute atomic E-state index is 0.224. The van der Waals surface area contributed by atoms with Gasteiger partial charge in [0.05, 0.1) is 25.0 Å². The lowest BCUT2D eigenvalue weighted by atomic mass is 10.0. The van der Waals surface area contributed by atoms with Gasteiger partial charge in [-0.05, 0) is 67.7 Å². The van der Waals surface area contributed by atoms with Crippen LogP contribution in [0, 0.1) is 0 Å². The summed E-state index contributed by atoms with van der Waals surface area (Å²) in [5, 5.41) is 15.5. The van der Waals surface area contributed by atoms with Crippen LogP contribution in [0.2, 0.25) is 0 Å². The third-order valence-electron chi connectivity index (χ3n) is 6.31. The van der Waals surface area contributed by atoms with Crippen LogP contribution in [0.5, 0.6) is 5.75 Å². The van der Waals surface area contributed by atoms with Gasteiger partial charge in [-0.1, -0.05) is 19.4 Å². The number of rotatable bonds is 7. The Labute approximate surface area is 217 Å². The van der Waals surface area contributed by atoms with Gasteiger partial charge in [-0.2, -0.15) is 10.2 Å². The average Bonchev–Trinajstić information content (AvgIpc) is 3.61. The molecule has 37 heavy (non-hydrogen) atoms. The molecule has 0 bridgehead atoms. The molecule has 198 valence electrons. The number of aromatic hydroxyl groups is 1. The zero-order valence-electron chi connectivity index (χ0n) is 21.3. The fraction of sp³-hybridized carbons (Fsp3) is 0.407. The first-order chi connectivity index (χ1) is 18.0. The third kappa shape index (κ3) is 7.94. The molecule has 4 heterocycles. The molecule has 0 aliphatic carbocycles. The molecule has 1 atom stereocenters. The van der Waals surface area contributed by atoms with E-state index in [1.807, 2.05) is 42.8 Å². The molecule has 10 nitrogen and oxygen atoms in total. The number of amides is 1. The van der Waals surface area contributed by atoms with Gasteiger partial charge in [0, 0.05) is 30.7 Å². The number of aromatic nitrogens is 3. The molecule has 3 N–H and O–H groups in total. The van der Waals surface area contributed by atoms with Crippen LogP contribution in [0.3, 0.4) is 0 Å². The number of hydroxylamine groups is 2. The standard InChI is InChI=1S/C13H16N4.C13H18N2O3.CH2O/c1-2-8-16(7-1)10-12-9-15-17(11-12)13-3-5-14-6-4-13;1-2-3-12(13(14)17)15-7-10-6-11(16)5-4-9(10)8-18-15;1-2/h3-6,9,11H,1-2,7-8,10H2;4-6,12,16H,2-3,7-8H2,1H3,(H2,14,17);1H2. The molecule has 1 aromatic carbocycles. The van der Waals surface area contributed by atoms with Crippen molar-refractivity contribution in [2.24, 2.45) is 5.73 Å². The van der Waals surface area contributed by atoms with Gasteiger partial charge in [-0.15, -0.1) is 0 Å². The van der Waals surface area contributed by atoms with Crippen molar-refractivity contribution in [3.63, 3.8) is 0 Å². The first-order valence-electron chi connectivity index (χ1n) is 12.5. The molecule has 1 fully saturated rings. The second-order valence-corrected chi connectivity index (χ2v) is 8.99. The van der Waals surface area contributed by atoms with Crippen molar-refractivity contribution in [3.8, 4) is 11.4 Å². The van der Waals surface area contributed by atoms with E-state index in [4.69, 9.17) is 15.4 Å². The van der Waals surface area contributed by atoms with Gasteiger partial charge in [0.2, 0.25) is 5.91 Å². The highest BCUT2D eigenvalue weighted by atomic mass is 16.7. The van der Waals surface area contributed by atoms with E-state index in [9.17, 15) is 9.90 Å². The molecule has 1 saturated heterocycles. The SMILES string of the molecule is C=O.CCCC(C(N)=O)N1Cc2cc(O)ccc2CO1.c1cc(-n2cc(CN3CCCC3)cn2)ccn1. The number of pyridine rings is 1. The Balaban J connectivity index is 0.000000193. The summed E-state index contributed by atoms with van der Waals surface area (Å²) in [6.45, 7) is 8.34. The Hall–Kier alpha value is -3.60. The largest absolute Gasteiger partial charge is 0.508 e. The van der Waals surface area contributed by atoms with Gasteiger partial charge in [-0.25, -0.2) is 4.68 Å². The number of carbonyl (C=O) groups is 2. The number of carbonyl (C=O) groups excluding carboxylic acids is 2. The maximum absolute atomic E-state index is 11.4. The van der Waals surface area contributed by atoms with E-state index in [0.717, 1.165) is 29.8 Å². The summed E-state index contributed by atoms with van der Waals surface area (Å²) in [5.74, 6) is -0.151. The molecular weight excluding hydrogens is 472 g/mol. The molecule has 2 aliphatic rings. The van der Waals surface area contributed by atoms with Gasteiger partial charge in [0.1, 0.15) is 18.6 Å². The molecule has 5 rings (SSSR count). The van der Waals surface area contributed by atoms with Crippen molar-refractivity contribution in [2.45, 2.75) is 58.3 Å². The topological polar surface area (TPSA) is 127 Å². The number of phenols is 1. The maximum atomic E-state index is 11.4. The second-order valence-electron chi connectivity index (χ2n) is 8.99. The first kappa shape index (κ1) is 28.0. The minimum Gasteiger partial charge on any atom is -0.508 e. The monoisotopic (exact) mass is 508 g/mol. The van der Waals surface area contributed by atoms with Crippen LogP contribution in [-0.2, 0) is 34.1 Å². The predicted octanol–water partition coefficient (Wildman–Crippen LogP) is 2.97. The predicted molar refractivity (Wildman–Crippen MR) is 139 cm³/mol. The second kappa shape index (κ2) is 14.2. The Kier molecular flexibility index (Phi) is 10.8. The number of phenolic OH excluding ortho intramolecular Hbond substituents is 1. The Morgan fingerprint density at radius 2 is 1.89 bits per heavy atom. The number of nitrogens with two attached hydrogens (primary N) is 1. The van der Waals surface area contributed by atoms with Crippen molar-refractivity contribution in [2.75, 3.05) is 13.1 Å². The highest BCUT2D eigenvalue weighted by molar-refractivity contribution is 5.79. The summed E-state index contributed by atoms with van der Waals surface area (Å²) in [4.78, 5) is 31.5. The number of likely N-dealkylation sites (tertiary alicyclic amines) is 1. The lowest BCUT2D eigenvalue weighted by Crippen LogP contribution is -2.45. The summed E-state index contributed by atoms with van der Waals surface area (Å²) < 4.78 is 1.91. The first-order valence-corrected chi connectivity index (χ1v) is 12.5. The number of nitrogens with zero attached hydrogens (tertiary/aromatic N) is 5. The number of hydrogen-bond donors (Lipinski definition) is 2. The van der Waals surface area contributed by atoms with Crippen LogP contribution in [0.1, 0.15) is 49.3 Å². The number of fused-ring (bicyclic) bond motifs is 1. The van der Waals surface area contributed by atoms with E-state index < -0.39 is 6.04 Å². The molecule has 1 unspecified atom stereocenters. The summed E-state index contributed by atoms with van der Waals surface area (Å²) in [6, 6.07) is 8.69. The van der Waals surface area contributed by atoms with Gasteiger partial charge in [0.25, 0.3) is 0 Å². The molecule has 0 saturated carbocycles. The van der Waals surface area contributed by atoms with E-state index in [2.05, 4.69) is 21.2 Å². The lowest BCUT2D eigenvalue weighted by molar-refractivity contribution is -0.213. The Morgan fingerprint density at radius 1 is 1.16 bits per heavy atom. The highest BCUT2D eigenvalue weighted by Gasteiger charge is 2.28. The third-order valence-corrected chi connectivity index (χ3v) is 6.31. The van der Waals surface area contributed by atoms with Gasteiger partial charge >= 0.3 is 0 Å². The summed E-state index contributed by atoms with van der Waals surface area (Å²) in [5.41, 5.74) is 9.74. The fourth-order valence-corrected chi connectivity index (χ4v) is 4.45. The van der Waals surface area contributed by atoms with Crippen LogP contribution in [0.4, 0.5) is 0 Å². The van der Waals surface area contributed by atoms with Gasteiger partial charge in [-0.3, -0.25) is 19.5 Å². The zero-order chi connectivity index (χ0) is 26.6. The zero-order valence-corrected chi connectivity index (χ0v) is 21.3. The van der Waals surface area contributed by atoms with Gasteiger partial charge < -0.3 is 15.6 Å². The molecule has 0 spiro atoms. The lowest BCUT2D eigenvalue weighted by Gasteiger charge is -2.33. The highest BCUT2D eigenvalue weighted by Crippen LogP contribution is 2.26. The fourth-order valence-electron chi connectivity index (χ4n) is 4.45. The van der Waals surface area contributed by atoms with Crippen LogP contribution in [-0.4, -0.2) is 61.7 Å². The van der Waals surface area contributed by atoms with Crippen LogP contribution in [0.25, 0.3) is 5.69 Å². The summed E-state index contributed by atoms with van der Waals surface area (Å²) >= 11 is 0. The summed E-state index contributed by atoms with van der Waals surface area (Å²) in [6.07, 6.45) is 11.8. The van der Waals surface area contributed by atoms with E-state index in [1.165, 1.54) is 31.5 Å². The molecule has 1 amide bonds. The van der Waals surface area contributed by atoms with Crippen molar-refractivity contribution in [1.29, 1.82) is 0 Å². The van der Waals surface area contributed by atoms with Crippen molar-refractivity contribution < 1.29 is 19.5 Å². The normalized spacial score (nSPS) is 16.0. The molecule has 3 aromatic rings. The van der Waals surface area contributed by atoms with Crippen molar-refractivity contribution >= 4 is 12.7 Å². The Morgan fingerprint density at radius 3 is 2.57 bits per heavy atom. The van der Waals surface area contributed by atoms with Crippen molar-refractivity contribution in [3.05, 3.63) is 71.8 Å². The molecule has 10 heteroatoms. The minimum atomic E-state index is -0.412. The van der Waals surface area contributed by atoms with E-state index >= 15 is 0 Å². The Bertz CT molecular complexity index is 1120. The summed E-state index contributed by atoms with van der Waals surface area (Å²) in [7, 11) is 0. The van der Waals surface area contributed by atoms with Crippen molar-refractivity contribution in [1.82, 2.24) is 24.7 Å².